The number of hydrogen-bond acceptors (Lipinski definition) is 3. The lowest BCUT2D eigenvalue weighted by molar-refractivity contribution is 0.0698. The predicted molar refractivity (Wildman–Crippen MR) is 65.1 cm³/mol. The smallest absolute Gasteiger partial charge is 0.337 e. The van der Waals surface area contributed by atoms with Gasteiger partial charge in [-0.2, -0.15) is 0 Å². The minimum atomic E-state index is -1.05. The van der Waals surface area contributed by atoms with Crippen LogP contribution in [0.1, 0.15) is 10.4 Å². The van der Waals surface area contributed by atoms with Crippen molar-refractivity contribution >= 4 is 33.6 Å². The molecule has 0 aliphatic heterocycles. The Hall–Kier alpha value is -2.49. The largest absolute Gasteiger partial charge is 0.478 e. The second-order valence-corrected chi connectivity index (χ2v) is 3.81. The number of carboxylic acids is 1. The van der Waals surface area contributed by atoms with Gasteiger partial charge in [0.25, 0.3) is 0 Å². The summed E-state index contributed by atoms with van der Waals surface area (Å²) in [5.41, 5.74) is 7.19. The molecule has 3 aromatic rings. The van der Waals surface area contributed by atoms with Gasteiger partial charge in [0.15, 0.2) is 5.58 Å². The number of rotatable bonds is 1. The van der Waals surface area contributed by atoms with Crippen LogP contribution >= 0.6 is 0 Å². The van der Waals surface area contributed by atoms with Gasteiger partial charge in [0.1, 0.15) is 5.58 Å². The Morgan fingerprint density at radius 2 is 1.88 bits per heavy atom. The maximum atomic E-state index is 11.0. The highest BCUT2D eigenvalue weighted by Crippen LogP contribution is 2.33. The summed E-state index contributed by atoms with van der Waals surface area (Å²) in [5.74, 6) is -1.05. The molecule has 3 N–H and O–H groups in total. The highest BCUT2D eigenvalue weighted by molar-refractivity contribution is 6.12. The second kappa shape index (κ2) is 3.25. The van der Waals surface area contributed by atoms with E-state index in [0.717, 1.165) is 10.8 Å². The van der Waals surface area contributed by atoms with Crippen LogP contribution in [0, 0.1) is 0 Å². The van der Waals surface area contributed by atoms with Gasteiger partial charge in [0, 0.05) is 10.8 Å². The number of carbonyl (C=O) groups is 1. The van der Waals surface area contributed by atoms with Crippen molar-refractivity contribution in [2.45, 2.75) is 0 Å². The molecule has 0 aliphatic carbocycles. The molecule has 0 bridgehead atoms. The number of fused-ring (bicyclic) bond motifs is 3. The van der Waals surface area contributed by atoms with Crippen molar-refractivity contribution < 1.29 is 14.3 Å². The first-order valence-corrected chi connectivity index (χ1v) is 5.11. The van der Waals surface area contributed by atoms with Gasteiger partial charge in [0.2, 0.25) is 0 Å². The van der Waals surface area contributed by atoms with E-state index in [4.69, 9.17) is 15.3 Å². The van der Waals surface area contributed by atoms with Crippen LogP contribution in [0.3, 0.4) is 0 Å². The maximum Gasteiger partial charge on any atom is 0.337 e. The summed E-state index contributed by atoms with van der Waals surface area (Å²) in [6, 6.07) is 10.7. The van der Waals surface area contributed by atoms with Crippen molar-refractivity contribution in [3.05, 3.63) is 42.0 Å². The average molecular weight is 227 g/mol. The third kappa shape index (κ3) is 1.27. The zero-order valence-electron chi connectivity index (χ0n) is 8.81. The lowest BCUT2D eigenvalue weighted by Gasteiger charge is -2.00. The molecule has 0 saturated heterocycles. The van der Waals surface area contributed by atoms with Crippen LogP contribution in [-0.4, -0.2) is 11.1 Å². The third-order valence-electron chi connectivity index (χ3n) is 2.82. The van der Waals surface area contributed by atoms with Crippen molar-refractivity contribution in [1.82, 2.24) is 0 Å². The van der Waals surface area contributed by atoms with Gasteiger partial charge in [-0.3, -0.25) is 0 Å². The van der Waals surface area contributed by atoms with Gasteiger partial charge in [0.05, 0.1) is 11.3 Å². The lowest BCUT2D eigenvalue weighted by Crippen LogP contribution is -2.01. The number of nitrogens with two attached hydrogens (primary N) is 1. The summed E-state index contributed by atoms with van der Waals surface area (Å²) in [5, 5.41) is 10.8. The Morgan fingerprint density at radius 3 is 2.65 bits per heavy atom. The van der Waals surface area contributed by atoms with Gasteiger partial charge < -0.3 is 15.3 Å². The molecular formula is C13H9NO3. The molecule has 2 aromatic carbocycles. The van der Waals surface area contributed by atoms with Gasteiger partial charge in [-0.1, -0.05) is 18.2 Å². The minimum Gasteiger partial charge on any atom is -0.478 e. The predicted octanol–water partition coefficient (Wildman–Crippen LogP) is 2.87. The van der Waals surface area contributed by atoms with Crippen LogP contribution in [0.4, 0.5) is 5.69 Å². The molecule has 3 rings (SSSR count). The molecule has 0 spiro atoms. The third-order valence-corrected chi connectivity index (χ3v) is 2.82. The average Bonchev–Trinajstić information content (AvgIpc) is 2.69. The Bertz CT molecular complexity index is 743. The number of carboxylic acid groups (broad SMARTS) is 1. The van der Waals surface area contributed by atoms with Crippen molar-refractivity contribution in [1.29, 1.82) is 0 Å². The van der Waals surface area contributed by atoms with Crippen LogP contribution < -0.4 is 5.73 Å². The lowest BCUT2D eigenvalue weighted by atomic mass is 10.1. The van der Waals surface area contributed by atoms with Crippen LogP contribution in [0.25, 0.3) is 21.9 Å². The molecular weight excluding hydrogens is 218 g/mol. The normalized spacial score (nSPS) is 11.1. The van der Waals surface area contributed by atoms with Crippen molar-refractivity contribution in [2.24, 2.45) is 0 Å². The molecule has 0 unspecified atom stereocenters. The van der Waals surface area contributed by atoms with E-state index in [1.54, 1.807) is 6.07 Å². The van der Waals surface area contributed by atoms with Gasteiger partial charge >= 0.3 is 5.97 Å². The Balaban J connectivity index is 2.48. The fourth-order valence-electron chi connectivity index (χ4n) is 2.00. The SMILES string of the molecule is Nc1c(C(=O)O)ccc2c1oc1ccccc12. The van der Waals surface area contributed by atoms with Crippen LogP contribution in [0.2, 0.25) is 0 Å². The number of hydrogen-bond donors (Lipinski definition) is 2. The molecule has 4 heteroatoms. The monoisotopic (exact) mass is 227 g/mol. The standard InChI is InChI=1S/C13H9NO3/c14-11-9(13(15)16)6-5-8-7-3-1-2-4-10(7)17-12(8)11/h1-6H,14H2,(H,15,16). The molecule has 4 nitrogen and oxygen atoms in total. The van der Waals surface area contributed by atoms with Crippen LogP contribution in [0.15, 0.2) is 40.8 Å². The minimum absolute atomic E-state index is 0.0663. The van der Waals surface area contributed by atoms with E-state index < -0.39 is 5.97 Å². The molecule has 0 fully saturated rings. The van der Waals surface area contributed by atoms with E-state index in [0.29, 0.717) is 11.2 Å². The molecule has 0 amide bonds. The molecule has 0 saturated carbocycles. The fourth-order valence-corrected chi connectivity index (χ4v) is 2.00. The molecule has 1 heterocycles. The topological polar surface area (TPSA) is 76.5 Å². The summed E-state index contributed by atoms with van der Waals surface area (Å²) < 4.78 is 5.59. The number of para-hydroxylation sites is 1. The van der Waals surface area contributed by atoms with Crippen molar-refractivity contribution in [3.63, 3.8) is 0 Å². The van der Waals surface area contributed by atoms with E-state index >= 15 is 0 Å². The Labute approximate surface area is 96.2 Å². The number of nitrogen functional groups attached to an aromatic ring is 1. The first kappa shape index (κ1) is 9.72. The summed E-state index contributed by atoms with van der Waals surface area (Å²) in [7, 11) is 0. The zero-order chi connectivity index (χ0) is 12.0. The summed E-state index contributed by atoms with van der Waals surface area (Å²) in [6.45, 7) is 0. The maximum absolute atomic E-state index is 11.0. The van der Waals surface area contributed by atoms with Gasteiger partial charge in [-0.25, -0.2) is 4.79 Å². The van der Waals surface area contributed by atoms with Crippen LogP contribution in [0.5, 0.6) is 0 Å². The highest BCUT2D eigenvalue weighted by Gasteiger charge is 2.15. The number of benzene rings is 2. The van der Waals surface area contributed by atoms with Gasteiger partial charge in [-0.15, -0.1) is 0 Å². The summed E-state index contributed by atoms with van der Waals surface area (Å²) in [6.07, 6.45) is 0. The molecule has 17 heavy (non-hydrogen) atoms. The van der Waals surface area contributed by atoms with Gasteiger partial charge in [-0.05, 0) is 18.2 Å². The quantitative estimate of drug-likeness (QED) is 0.626. The molecule has 0 radical (unpaired) electrons. The second-order valence-electron chi connectivity index (χ2n) is 3.81. The van der Waals surface area contributed by atoms with E-state index in [2.05, 4.69) is 0 Å². The van der Waals surface area contributed by atoms with E-state index in [1.165, 1.54) is 6.07 Å². The zero-order valence-corrected chi connectivity index (χ0v) is 8.81. The van der Waals surface area contributed by atoms with Crippen molar-refractivity contribution in [2.75, 3.05) is 5.73 Å². The fraction of sp³-hybridized carbons (Fsp3) is 0. The summed E-state index contributed by atoms with van der Waals surface area (Å²) in [4.78, 5) is 11.0. The molecule has 1 aromatic heterocycles. The van der Waals surface area contributed by atoms with E-state index in [9.17, 15) is 4.79 Å². The first-order valence-electron chi connectivity index (χ1n) is 5.11. The first-order chi connectivity index (χ1) is 8.18. The van der Waals surface area contributed by atoms with Crippen LogP contribution in [-0.2, 0) is 0 Å². The number of anilines is 1. The Morgan fingerprint density at radius 1 is 1.12 bits per heavy atom. The molecule has 84 valence electrons. The molecule has 0 aliphatic rings. The van der Waals surface area contributed by atoms with Crippen molar-refractivity contribution in [3.8, 4) is 0 Å². The summed E-state index contributed by atoms with van der Waals surface area (Å²) >= 11 is 0. The Kier molecular flexibility index (Phi) is 1.86. The van der Waals surface area contributed by atoms with E-state index in [1.807, 2.05) is 24.3 Å². The number of aromatic carboxylic acids is 1. The molecule has 0 atom stereocenters. The highest BCUT2D eigenvalue weighted by atomic mass is 16.4. The van der Waals surface area contributed by atoms with E-state index in [-0.39, 0.29) is 11.3 Å². The number of furan rings is 1.